The second kappa shape index (κ2) is 5.60. The lowest BCUT2D eigenvalue weighted by atomic mass is 10.00. The van der Waals surface area contributed by atoms with Crippen molar-refractivity contribution in [3.63, 3.8) is 0 Å². The van der Waals surface area contributed by atoms with Crippen LogP contribution in [0.4, 0.5) is 0 Å². The van der Waals surface area contributed by atoms with Crippen LogP contribution < -0.4 is 5.32 Å². The van der Waals surface area contributed by atoms with E-state index in [1.54, 1.807) is 0 Å². The molecule has 1 N–H and O–H groups in total. The van der Waals surface area contributed by atoms with E-state index in [0.29, 0.717) is 13.2 Å². The van der Waals surface area contributed by atoms with Crippen molar-refractivity contribution in [2.24, 2.45) is 0 Å². The van der Waals surface area contributed by atoms with Crippen LogP contribution in [0.1, 0.15) is 6.42 Å². The highest BCUT2D eigenvalue weighted by molar-refractivity contribution is 5.11. The van der Waals surface area contributed by atoms with E-state index in [2.05, 4.69) is 16.3 Å². The molecule has 0 radical (unpaired) electrons. The molecule has 2 rings (SSSR count). The van der Waals surface area contributed by atoms with E-state index < -0.39 is 5.54 Å². The van der Waals surface area contributed by atoms with E-state index in [9.17, 15) is 0 Å². The smallest absolute Gasteiger partial charge is 0.153 e. The van der Waals surface area contributed by atoms with Crippen LogP contribution in [0.15, 0.2) is 0 Å². The molecule has 0 bridgehead atoms. The Bertz CT molecular complexity index is 254. The largest absolute Gasteiger partial charge is 0.379 e. The lowest BCUT2D eigenvalue weighted by molar-refractivity contribution is -0.0438. The summed E-state index contributed by atoms with van der Waals surface area (Å²) >= 11 is 0. The minimum atomic E-state index is -0.398. The zero-order valence-corrected chi connectivity index (χ0v) is 9.57. The minimum Gasteiger partial charge on any atom is -0.379 e. The van der Waals surface area contributed by atoms with Crippen molar-refractivity contribution in [3.05, 3.63) is 0 Å². The fraction of sp³-hybridized carbons (Fsp3) is 0.909. The molecule has 16 heavy (non-hydrogen) atoms. The highest BCUT2D eigenvalue weighted by Gasteiger charge is 2.38. The number of rotatable bonds is 5. The summed E-state index contributed by atoms with van der Waals surface area (Å²) in [5.41, 5.74) is -0.398. The van der Waals surface area contributed by atoms with Gasteiger partial charge < -0.3 is 9.47 Å². The lowest BCUT2D eigenvalue weighted by Crippen LogP contribution is -2.59. The molecule has 0 saturated carbocycles. The minimum absolute atomic E-state index is 0.398. The summed E-state index contributed by atoms with van der Waals surface area (Å²) in [4.78, 5) is 2.40. The molecule has 2 aliphatic heterocycles. The number of morpholine rings is 1. The van der Waals surface area contributed by atoms with Crippen LogP contribution in [0.3, 0.4) is 0 Å². The summed E-state index contributed by atoms with van der Waals surface area (Å²) in [6.45, 7) is 6.79. The second-order valence-corrected chi connectivity index (χ2v) is 4.42. The number of nitrogens with one attached hydrogen (secondary N) is 1. The standard InChI is InChI=1S/C11H19N3O2/c12-8-11(9-16-10-11)13-2-1-3-14-4-6-15-7-5-14/h13H,1-7,9-10H2. The number of hydrogen-bond acceptors (Lipinski definition) is 5. The van der Waals surface area contributed by atoms with Gasteiger partial charge >= 0.3 is 0 Å². The molecule has 2 saturated heterocycles. The van der Waals surface area contributed by atoms with Gasteiger partial charge in [0, 0.05) is 13.1 Å². The van der Waals surface area contributed by atoms with Crippen molar-refractivity contribution in [1.82, 2.24) is 10.2 Å². The van der Waals surface area contributed by atoms with Gasteiger partial charge in [0.25, 0.3) is 0 Å². The van der Waals surface area contributed by atoms with Crippen LogP contribution >= 0.6 is 0 Å². The number of hydrogen-bond donors (Lipinski definition) is 1. The average molecular weight is 225 g/mol. The first-order chi connectivity index (χ1) is 7.85. The molecule has 2 aliphatic rings. The summed E-state index contributed by atoms with van der Waals surface area (Å²) in [5.74, 6) is 0. The Balaban J connectivity index is 1.56. The van der Waals surface area contributed by atoms with Gasteiger partial charge in [-0.3, -0.25) is 10.2 Å². The van der Waals surface area contributed by atoms with E-state index in [1.807, 2.05) is 0 Å². The molecule has 5 heteroatoms. The van der Waals surface area contributed by atoms with E-state index in [0.717, 1.165) is 45.8 Å². The SMILES string of the molecule is N#CC1(NCCCN2CCOCC2)COC1. The third-order valence-corrected chi connectivity index (χ3v) is 3.13. The molecule has 0 unspecified atom stereocenters. The molecular formula is C11H19N3O2. The Kier molecular flexibility index (Phi) is 4.13. The van der Waals surface area contributed by atoms with Crippen LogP contribution in [0.25, 0.3) is 0 Å². The zero-order valence-electron chi connectivity index (χ0n) is 9.57. The maximum atomic E-state index is 8.97. The lowest BCUT2D eigenvalue weighted by Gasteiger charge is -2.36. The molecule has 90 valence electrons. The first-order valence-electron chi connectivity index (χ1n) is 5.89. The topological polar surface area (TPSA) is 57.5 Å². The zero-order chi connectivity index (χ0) is 11.3. The molecule has 0 aromatic heterocycles. The van der Waals surface area contributed by atoms with Crippen molar-refractivity contribution in [3.8, 4) is 6.07 Å². The van der Waals surface area contributed by atoms with Gasteiger partial charge in [-0.2, -0.15) is 5.26 Å². The Morgan fingerprint density at radius 2 is 2.00 bits per heavy atom. The Morgan fingerprint density at radius 3 is 2.56 bits per heavy atom. The fourth-order valence-electron chi connectivity index (χ4n) is 1.97. The summed E-state index contributed by atoms with van der Waals surface area (Å²) in [6.07, 6.45) is 1.07. The second-order valence-electron chi connectivity index (χ2n) is 4.42. The first-order valence-corrected chi connectivity index (χ1v) is 5.89. The van der Waals surface area contributed by atoms with Crippen molar-refractivity contribution in [2.45, 2.75) is 12.0 Å². The highest BCUT2D eigenvalue weighted by atomic mass is 16.5. The predicted molar refractivity (Wildman–Crippen MR) is 59.0 cm³/mol. The highest BCUT2D eigenvalue weighted by Crippen LogP contribution is 2.15. The van der Waals surface area contributed by atoms with Crippen LogP contribution in [0, 0.1) is 11.3 Å². The quantitative estimate of drug-likeness (QED) is 0.645. The summed E-state index contributed by atoms with van der Waals surface area (Å²) < 4.78 is 10.4. The maximum Gasteiger partial charge on any atom is 0.153 e. The molecule has 0 aliphatic carbocycles. The Morgan fingerprint density at radius 1 is 1.25 bits per heavy atom. The van der Waals surface area contributed by atoms with Crippen molar-refractivity contribution in [1.29, 1.82) is 5.26 Å². The van der Waals surface area contributed by atoms with E-state index >= 15 is 0 Å². The number of ether oxygens (including phenoxy) is 2. The molecule has 0 spiro atoms. The van der Waals surface area contributed by atoms with Crippen LogP contribution in [0.5, 0.6) is 0 Å². The molecule has 0 aromatic rings. The summed E-state index contributed by atoms with van der Waals surface area (Å²) in [6, 6.07) is 2.28. The van der Waals surface area contributed by atoms with Crippen molar-refractivity contribution < 1.29 is 9.47 Å². The molecule has 5 nitrogen and oxygen atoms in total. The Hall–Kier alpha value is -0.670. The third-order valence-electron chi connectivity index (χ3n) is 3.13. The molecule has 0 amide bonds. The third kappa shape index (κ3) is 2.92. The predicted octanol–water partition coefficient (Wildman–Crippen LogP) is -0.409. The van der Waals surface area contributed by atoms with Gasteiger partial charge in [-0.15, -0.1) is 0 Å². The molecule has 0 atom stereocenters. The molecule has 0 aromatic carbocycles. The van der Waals surface area contributed by atoms with Gasteiger partial charge in [0.15, 0.2) is 5.54 Å². The van der Waals surface area contributed by atoms with Crippen LogP contribution in [0.2, 0.25) is 0 Å². The van der Waals surface area contributed by atoms with E-state index in [1.165, 1.54) is 0 Å². The normalized spacial score (nSPS) is 24.7. The van der Waals surface area contributed by atoms with E-state index in [-0.39, 0.29) is 0 Å². The first kappa shape index (κ1) is 11.8. The maximum absolute atomic E-state index is 8.97. The van der Waals surface area contributed by atoms with Crippen molar-refractivity contribution >= 4 is 0 Å². The van der Waals surface area contributed by atoms with Gasteiger partial charge in [0.1, 0.15) is 0 Å². The fourth-order valence-corrected chi connectivity index (χ4v) is 1.97. The van der Waals surface area contributed by atoms with Crippen LogP contribution in [-0.2, 0) is 9.47 Å². The molecule has 2 heterocycles. The molecule has 2 fully saturated rings. The van der Waals surface area contributed by atoms with Gasteiger partial charge in [-0.25, -0.2) is 0 Å². The molecular weight excluding hydrogens is 206 g/mol. The monoisotopic (exact) mass is 225 g/mol. The average Bonchev–Trinajstić information content (AvgIpc) is 2.29. The van der Waals surface area contributed by atoms with E-state index in [4.69, 9.17) is 14.7 Å². The Labute approximate surface area is 96.3 Å². The summed E-state index contributed by atoms with van der Waals surface area (Å²) in [5, 5.41) is 12.2. The summed E-state index contributed by atoms with van der Waals surface area (Å²) in [7, 11) is 0. The van der Waals surface area contributed by atoms with Crippen molar-refractivity contribution in [2.75, 3.05) is 52.6 Å². The number of nitriles is 1. The van der Waals surface area contributed by atoms with Crippen LogP contribution in [-0.4, -0.2) is 63.0 Å². The number of nitrogens with zero attached hydrogens (tertiary/aromatic N) is 2. The van der Waals surface area contributed by atoms with Gasteiger partial charge in [-0.1, -0.05) is 0 Å². The van der Waals surface area contributed by atoms with Gasteiger partial charge in [0.2, 0.25) is 0 Å². The van der Waals surface area contributed by atoms with Gasteiger partial charge in [0.05, 0.1) is 32.5 Å². The van der Waals surface area contributed by atoms with Gasteiger partial charge in [-0.05, 0) is 19.5 Å².